The molecule has 1 atom stereocenters. The van der Waals surface area contributed by atoms with Gasteiger partial charge in [0, 0.05) is 24.2 Å². The van der Waals surface area contributed by atoms with E-state index in [1.165, 1.54) is 12.1 Å². The van der Waals surface area contributed by atoms with Crippen LogP contribution in [0.15, 0.2) is 76.6 Å². The number of sulfonamides is 1. The van der Waals surface area contributed by atoms with Gasteiger partial charge in [-0.1, -0.05) is 75.4 Å². The predicted octanol–water partition coefficient (Wildman–Crippen LogP) is 6.52. The minimum atomic E-state index is -4.73. The molecule has 0 radical (unpaired) electrons. The summed E-state index contributed by atoms with van der Waals surface area (Å²) in [5.74, 6) is -1.52. The van der Waals surface area contributed by atoms with Crippen LogP contribution in [-0.2, 0) is 33.8 Å². The fourth-order valence-corrected chi connectivity index (χ4v) is 8.01. The number of carboxylic acids is 1. The largest absolute Gasteiger partial charge is 0.480 e. The maximum absolute atomic E-state index is 14.3. The van der Waals surface area contributed by atoms with Crippen LogP contribution in [0.2, 0.25) is 0 Å². The molecule has 0 bridgehead atoms. The molecule has 0 spiro atoms. The summed E-state index contributed by atoms with van der Waals surface area (Å²) in [7, 11) is -4.51. The Bertz CT molecular complexity index is 1910. The highest BCUT2D eigenvalue weighted by Gasteiger charge is 2.44. The van der Waals surface area contributed by atoms with Gasteiger partial charge in [-0.15, -0.1) is 0 Å². The molecule has 4 aromatic rings. The van der Waals surface area contributed by atoms with E-state index < -0.39 is 50.9 Å². The molecule has 1 N–H and O–H groups in total. The molecule has 0 saturated carbocycles. The first kappa shape index (κ1) is 31.5. The van der Waals surface area contributed by atoms with Crippen molar-refractivity contribution < 1.29 is 31.5 Å². The second-order valence-corrected chi connectivity index (χ2v) is 13.4. The minimum absolute atomic E-state index is 0.0191. The Hall–Kier alpha value is -3.96. The van der Waals surface area contributed by atoms with Gasteiger partial charge in [0.2, 0.25) is 0 Å². The van der Waals surface area contributed by atoms with E-state index in [0.717, 1.165) is 37.3 Å². The van der Waals surface area contributed by atoms with Gasteiger partial charge in [0.1, 0.15) is 6.04 Å². The standard InChI is InChI=1S/C33H33F3N2O5S/c1-4-15-37-19-28(32(40)41)38-30(39)27(16-20(2)3)26(18-22-11-7-10-21-9-5-6-14-25(21)22)29(31(38)44(37,42)43)23-12-8-13-24(17-23)33(34,35)36/h5-14,17,20,28H,4,15-16,18-19H2,1-3H3,(H,40,41). The molecule has 1 unspecified atom stereocenters. The molecule has 5 rings (SSSR count). The van der Waals surface area contributed by atoms with Crippen molar-refractivity contribution in [3.8, 4) is 11.1 Å². The lowest BCUT2D eigenvalue weighted by atomic mass is 9.87. The van der Waals surface area contributed by atoms with Crippen LogP contribution in [0.25, 0.3) is 21.9 Å². The van der Waals surface area contributed by atoms with Crippen molar-refractivity contribution in [2.45, 2.75) is 57.3 Å². The highest BCUT2D eigenvalue weighted by molar-refractivity contribution is 7.89. The lowest BCUT2D eigenvalue weighted by molar-refractivity contribution is -0.141. The second-order valence-electron chi connectivity index (χ2n) is 11.5. The van der Waals surface area contributed by atoms with Crippen molar-refractivity contribution in [1.29, 1.82) is 0 Å². The summed E-state index contributed by atoms with van der Waals surface area (Å²) >= 11 is 0. The van der Waals surface area contributed by atoms with Gasteiger partial charge in [-0.3, -0.25) is 9.36 Å². The second kappa shape index (κ2) is 11.9. The Balaban J connectivity index is 1.98. The van der Waals surface area contributed by atoms with Gasteiger partial charge in [-0.05, 0) is 64.8 Å². The number of carboxylic acid groups (broad SMARTS) is 1. The number of aliphatic carboxylic acids is 1. The van der Waals surface area contributed by atoms with Gasteiger partial charge in [-0.25, -0.2) is 13.2 Å². The summed E-state index contributed by atoms with van der Waals surface area (Å²) in [5.41, 5.74) is -0.673. The predicted molar refractivity (Wildman–Crippen MR) is 162 cm³/mol. The first-order valence-corrected chi connectivity index (χ1v) is 15.9. The van der Waals surface area contributed by atoms with E-state index >= 15 is 0 Å². The molecule has 1 aromatic heterocycles. The van der Waals surface area contributed by atoms with Crippen LogP contribution in [0.4, 0.5) is 13.2 Å². The SMILES string of the molecule is CCCN1CC(C(=O)O)n2c(c(-c3cccc(C(F)(F)F)c3)c(Cc3cccc4ccccc34)c(CC(C)C)c2=O)S1(=O)=O. The molecular weight excluding hydrogens is 593 g/mol. The quantitative estimate of drug-likeness (QED) is 0.240. The first-order valence-electron chi connectivity index (χ1n) is 14.4. The molecule has 0 fully saturated rings. The summed E-state index contributed by atoms with van der Waals surface area (Å²) in [6, 6.07) is 15.9. The smallest absolute Gasteiger partial charge is 0.416 e. The average Bonchev–Trinajstić information content (AvgIpc) is 2.96. The lowest BCUT2D eigenvalue weighted by Crippen LogP contribution is -2.50. The molecule has 0 amide bonds. The molecule has 44 heavy (non-hydrogen) atoms. The number of rotatable bonds is 8. The zero-order valence-electron chi connectivity index (χ0n) is 24.6. The van der Waals surface area contributed by atoms with Gasteiger partial charge in [0.05, 0.1) is 5.56 Å². The number of nitrogens with zero attached hydrogens (tertiary/aromatic N) is 2. The molecule has 232 valence electrons. The van der Waals surface area contributed by atoms with E-state index in [-0.39, 0.29) is 47.6 Å². The van der Waals surface area contributed by atoms with Crippen LogP contribution >= 0.6 is 0 Å². The highest BCUT2D eigenvalue weighted by atomic mass is 32.2. The van der Waals surface area contributed by atoms with E-state index in [4.69, 9.17) is 0 Å². The number of carbonyl (C=O) groups is 1. The zero-order chi connectivity index (χ0) is 32.0. The molecule has 1 aliphatic rings. The van der Waals surface area contributed by atoms with Crippen LogP contribution in [0, 0.1) is 5.92 Å². The molecule has 7 nitrogen and oxygen atoms in total. The third-order valence-corrected chi connectivity index (χ3v) is 9.85. The number of pyridine rings is 1. The van der Waals surface area contributed by atoms with Gasteiger partial charge >= 0.3 is 12.1 Å². The third-order valence-electron chi connectivity index (χ3n) is 7.94. The van der Waals surface area contributed by atoms with Crippen molar-refractivity contribution in [1.82, 2.24) is 8.87 Å². The topological polar surface area (TPSA) is 96.7 Å². The zero-order valence-corrected chi connectivity index (χ0v) is 25.4. The first-order chi connectivity index (χ1) is 20.8. The Morgan fingerprint density at radius 3 is 2.36 bits per heavy atom. The minimum Gasteiger partial charge on any atom is -0.480 e. The maximum Gasteiger partial charge on any atom is 0.416 e. The lowest BCUT2D eigenvalue weighted by Gasteiger charge is -2.36. The van der Waals surface area contributed by atoms with Crippen LogP contribution in [-0.4, -0.2) is 41.5 Å². The van der Waals surface area contributed by atoms with Crippen LogP contribution in [0.1, 0.15) is 55.5 Å². The van der Waals surface area contributed by atoms with Crippen molar-refractivity contribution in [3.63, 3.8) is 0 Å². The number of hydrogen-bond donors (Lipinski definition) is 1. The van der Waals surface area contributed by atoms with Crippen molar-refractivity contribution in [2.24, 2.45) is 5.92 Å². The fourth-order valence-electron chi connectivity index (χ4n) is 6.05. The molecular formula is C33H33F3N2O5S. The number of hydrogen-bond acceptors (Lipinski definition) is 4. The molecule has 1 aliphatic heterocycles. The van der Waals surface area contributed by atoms with E-state index in [1.54, 1.807) is 6.92 Å². The average molecular weight is 627 g/mol. The summed E-state index contributed by atoms with van der Waals surface area (Å²) < 4.78 is 72.3. The Morgan fingerprint density at radius 1 is 1.02 bits per heavy atom. The molecule has 2 heterocycles. The fraction of sp³-hybridized carbons (Fsp3) is 0.333. The number of halogens is 3. The maximum atomic E-state index is 14.3. The Kier molecular flexibility index (Phi) is 8.48. The van der Waals surface area contributed by atoms with Crippen LogP contribution < -0.4 is 5.56 Å². The summed E-state index contributed by atoms with van der Waals surface area (Å²) in [6.07, 6.45) is -4.16. The normalized spacial score (nSPS) is 16.8. The van der Waals surface area contributed by atoms with E-state index in [1.807, 2.05) is 56.3 Å². The number of benzene rings is 3. The van der Waals surface area contributed by atoms with Crippen molar-refractivity contribution >= 4 is 26.8 Å². The molecule has 0 aliphatic carbocycles. The monoisotopic (exact) mass is 626 g/mol. The molecule has 3 aromatic carbocycles. The number of fused-ring (bicyclic) bond motifs is 2. The summed E-state index contributed by atoms with van der Waals surface area (Å²) in [6.45, 7) is 4.98. The van der Waals surface area contributed by atoms with Crippen LogP contribution in [0.3, 0.4) is 0 Å². The summed E-state index contributed by atoms with van der Waals surface area (Å²) in [5, 5.41) is 11.4. The Morgan fingerprint density at radius 2 is 1.70 bits per heavy atom. The van der Waals surface area contributed by atoms with Crippen LogP contribution in [0.5, 0.6) is 0 Å². The van der Waals surface area contributed by atoms with Gasteiger partial charge < -0.3 is 5.11 Å². The van der Waals surface area contributed by atoms with Gasteiger partial charge in [0.25, 0.3) is 15.6 Å². The van der Waals surface area contributed by atoms with Gasteiger partial charge in [0.15, 0.2) is 5.03 Å². The molecule has 11 heteroatoms. The Labute approximate surface area is 253 Å². The van der Waals surface area contributed by atoms with E-state index in [9.17, 15) is 36.3 Å². The van der Waals surface area contributed by atoms with Crippen molar-refractivity contribution in [2.75, 3.05) is 13.1 Å². The van der Waals surface area contributed by atoms with E-state index in [2.05, 4.69) is 0 Å². The third kappa shape index (κ3) is 5.66. The van der Waals surface area contributed by atoms with Crippen molar-refractivity contribution in [3.05, 3.63) is 99.3 Å². The van der Waals surface area contributed by atoms with E-state index in [0.29, 0.717) is 6.42 Å². The number of aromatic nitrogens is 1. The molecule has 0 saturated heterocycles. The highest BCUT2D eigenvalue weighted by Crippen LogP contribution is 2.41. The summed E-state index contributed by atoms with van der Waals surface area (Å²) in [4.78, 5) is 26.9. The van der Waals surface area contributed by atoms with Gasteiger partial charge in [-0.2, -0.15) is 17.5 Å². The number of alkyl halides is 3.